The van der Waals surface area contributed by atoms with Crippen molar-refractivity contribution in [3.05, 3.63) is 28.5 Å². The van der Waals surface area contributed by atoms with Crippen LogP contribution in [0.3, 0.4) is 0 Å². The normalized spacial score (nSPS) is 10.1. The summed E-state index contributed by atoms with van der Waals surface area (Å²) in [7, 11) is 1.83. The second-order valence-electron chi connectivity index (χ2n) is 2.63. The van der Waals surface area contributed by atoms with Crippen LogP contribution >= 0.6 is 22.6 Å². The zero-order chi connectivity index (χ0) is 9.97. The average molecular weight is 302 g/mol. The van der Waals surface area contributed by atoms with E-state index in [1.54, 1.807) is 23.3 Å². The van der Waals surface area contributed by atoms with E-state index in [9.17, 15) is 0 Å². The third-order valence-corrected chi connectivity index (χ3v) is 2.27. The van der Waals surface area contributed by atoms with E-state index in [0.29, 0.717) is 11.6 Å². The predicted molar refractivity (Wildman–Crippen MR) is 58.0 cm³/mol. The van der Waals surface area contributed by atoms with E-state index in [-0.39, 0.29) is 0 Å². The zero-order valence-electron chi connectivity index (χ0n) is 7.38. The second-order valence-corrected chi connectivity index (χ2v) is 3.79. The fourth-order valence-corrected chi connectivity index (χ4v) is 1.35. The largest absolute Gasteiger partial charge is 0.435 e. The van der Waals surface area contributed by atoms with Crippen LogP contribution < -0.4 is 4.74 Å². The molecule has 2 aromatic heterocycles. The lowest BCUT2D eigenvalue weighted by Crippen LogP contribution is -1.90. The molecule has 6 heteroatoms. The van der Waals surface area contributed by atoms with Crippen LogP contribution in [0.5, 0.6) is 11.6 Å². The maximum absolute atomic E-state index is 5.49. The van der Waals surface area contributed by atoms with Gasteiger partial charge in [0.2, 0.25) is 5.88 Å². The number of halogens is 1. The summed E-state index contributed by atoms with van der Waals surface area (Å²) < 4.78 is 8.03. The van der Waals surface area contributed by atoms with E-state index in [1.807, 2.05) is 7.05 Å². The first kappa shape index (κ1) is 9.38. The summed E-state index contributed by atoms with van der Waals surface area (Å²) >= 11 is 2.12. The molecule has 0 aliphatic carbocycles. The van der Waals surface area contributed by atoms with E-state index < -0.39 is 0 Å². The molecule has 0 fully saturated rings. The van der Waals surface area contributed by atoms with Crippen molar-refractivity contribution in [2.45, 2.75) is 0 Å². The highest BCUT2D eigenvalue weighted by Crippen LogP contribution is 2.22. The Kier molecular flexibility index (Phi) is 2.62. The highest BCUT2D eigenvalue weighted by Gasteiger charge is 2.04. The van der Waals surface area contributed by atoms with Crippen LogP contribution in [0.1, 0.15) is 0 Å². The predicted octanol–water partition coefficient (Wildman–Crippen LogP) is 1.61. The molecule has 0 saturated carbocycles. The standard InChI is InChI=1S/C8H7IN4O/c1-13-4-6(2-12-13)14-8-7(9)3-10-5-11-8/h2-5H,1H3. The summed E-state index contributed by atoms with van der Waals surface area (Å²) in [5.41, 5.74) is 0. The minimum absolute atomic E-state index is 0.550. The molecule has 14 heavy (non-hydrogen) atoms. The lowest BCUT2D eigenvalue weighted by Gasteiger charge is -2.01. The van der Waals surface area contributed by atoms with Gasteiger partial charge in [-0.1, -0.05) is 0 Å². The summed E-state index contributed by atoms with van der Waals surface area (Å²) in [6.45, 7) is 0. The Morgan fingerprint density at radius 3 is 2.93 bits per heavy atom. The minimum atomic E-state index is 0.550. The third-order valence-electron chi connectivity index (χ3n) is 1.53. The van der Waals surface area contributed by atoms with Gasteiger partial charge >= 0.3 is 0 Å². The number of nitrogens with zero attached hydrogens (tertiary/aromatic N) is 4. The summed E-state index contributed by atoms with van der Waals surface area (Å²) in [5.74, 6) is 1.22. The minimum Gasteiger partial charge on any atom is -0.435 e. The maximum atomic E-state index is 5.49. The molecule has 0 N–H and O–H groups in total. The lowest BCUT2D eigenvalue weighted by atomic mass is 10.6. The molecule has 0 aliphatic heterocycles. The molecule has 0 bridgehead atoms. The monoisotopic (exact) mass is 302 g/mol. The SMILES string of the molecule is Cn1cc(Oc2ncncc2I)cn1. The van der Waals surface area contributed by atoms with Crippen molar-refractivity contribution in [1.29, 1.82) is 0 Å². The quantitative estimate of drug-likeness (QED) is 0.791. The molecule has 0 spiro atoms. The first-order chi connectivity index (χ1) is 6.75. The Morgan fingerprint density at radius 2 is 2.29 bits per heavy atom. The van der Waals surface area contributed by atoms with Crippen molar-refractivity contribution in [2.24, 2.45) is 7.05 Å². The maximum Gasteiger partial charge on any atom is 0.235 e. The molecule has 0 aliphatic rings. The molecule has 2 rings (SSSR count). The molecule has 0 unspecified atom stereocenters. The molecule has 0 aromatic carbocycles. The zero-order valence-corrected chi connectivity index (χ0v) is 9.54. The van der Waals surface area contributed by atoms with Crippen molar-refractivity contribution in [3.8, 4) is 11.6 Å². The summed E-state index contributed by atoms with van der Waals surface area (Å²) in [4.78, 5) is 7.88. The fourth-order valence-electron chi connectivity index (χ4n) is 0.940. The highest BCUT2D eigenvalue weighted by molar-refractivity contribution is 14.1. The molecule has 0 atom stereocenters. The molecule has 2 heterocycles. The second kappa shape index (κ2) is 3.91. The number of aromatic nitrogens is 4. The van der Waals surface area contributed by atoms with Gasteiger partial charge in [-0.2, -0.15) is 5.10 Å². The van der Waals surface area contributed by atoms with Gasteiger partial charge < -0.3 is 4.74 Å². The van der Waals surface area contributed by atoms with Gasteiger partial charge in [-0.3, -0.25) is 4.68 Å². The van der Waals surface area contributed by atoms with Crippen LogP contribution in [-0.2, 0) is 7.05 Å². The van der Waals surface area contributed by atoms with Gasteiger partial charge in [-0.25, -0.2) is 9.97 Å². The smallest absolute Gasteiger partial charge is 0.235 e. The van der Waals surface area contributed by atoms with Crippen molar-refractivity contribution in [2.75, 3.05) is 0 Å². The Morgan fingerprint density at radius 1 is 1.43 bits per heavy atom. The molecule has 0 saturated heterocycles. The van der Waals surface area contributed by atoms with E-state index in [0.717, 1.165) is 3.57 Å². The van der Waals surface area contributed by atoms with Gasteiger partial charge in [0.15, 0.2) is 5.75 Å². The molecular formula is C8H7IN4O. The summed E-state index contributed by atoms with van der Waals surface area (Å²) in [6.07, 6.45) is 6.56. The van der Waals surface area contributed by atoms with Crippen molar-refractivity contribution >= 4 is 22.6 Å². The van der Waals surface area contributed by atoms with E-state index >= 15 is 0 Å². The lowest BCUT2D eigenvalue weighted by molar-refractivity contribution is 0.457. The van der Waals surface area contributed by atoms with E-state index in [4.69, 9.17) is 4.74 Å². The van der Waals surface area contributed by atoms with Gasteiger partial charge in [-0.05, 0) is 22.6 Å². The number of ether oxygens (including phenoxy) is 1. The summed E-state index contributed by atoms with van der Waals surface area (Å²) in [6, 6.07) is 0. The Hall–Kier alpha value is -1.18. The number of aryl methyl sites for hydroxylation is 1. The van der Waals surface area contributed by atoms with Gasteiger partial charge in [0.25, 0.3) is 0 Å². The highest BCUT2D eigenvalue weighted by atomic mass is 127. The number of hydrogen-bond acceptors (Lipinski definition) is 4. The average Bonchev–Trinajstić information content (AvgIpc) is 2.56. The van der Waals surface area contributed by atoms with Gasteiger partial charge in [0, 0.05) is 13.2 Å². The third kappa shape index (κ3) is 2.00. The van der Waals surface area contributed by atoms with Gasteiger partial charge in [0.05, 0.1) is 16.0 Å². The van der Waals surface area contributed by atoms with Crippen LogP contribution in [0.2, 0.25) is 0 Å². The molecule has 0 radical (unpaired) electrons. The van der Waals surface area contributed by atoms with Crippen LogP contribution in [0.25, 0.3) is 0 Å². The first-order valence-electron chi connectivity index (χ1n) is 3.88. The van der Waals surface area contributed by atoms with Crippen LogP contribution in [0.15, 0.2) is 24.9 Å². The number of hydrogen-bond donors (Lipinski definition) is 0. The van der Waals surface area contributed by atoms with Crippen molar-refractivity contribution in [3.63, 3.8) is 0 Å². The molecular weight excluding hydrogens is 295 g/mol. The topological polar surface area (TPSA) is 52.8 Å². The molecule has 0 amide bonds. The molecule has 5 nitrogen and oxygen atoms in total. The van der Waals surface area contributed by atoms with Crippen molar-refractivity contribution < 1.29 is 4.74 Å². The van der Waals surface area contributed by atoms with Gasteiger partial charge in [-0.15, -0.1) is 0 Å². The molecule has 72 valence electrons. The Bertz CT molecular complexity index is 442. The van der Waals surface area contributed by atoms with Crippen LogP contribution in [0, 0.1) is 3.57 Å². The van der Waals surface area contributed by atoms with E-state index in [2.05, 4.69) is 37.7 Å². The van der Waals surface area contributed by atoms with Gasteiger partial charge in [0.1, 0.15) is 6.33 Å². The summed E-state index contributed by atoms with van der Waals surface area (Å²) in [5, 5.41) is 3.99. The fraction of sp³-hybridized carbons (Fsp3) is 0.125. The Labute approximate surface area is 94.3 Å². The first-order valence-corrected chi connectivity index (χ1v) is 4.95. The van der Waals surface area contributed by atoms with Crippen molar-refractivity contribution in [1.82, 2.24) is 19.7 Å². The van der Waals surface area contributed by atoms with Crippen LogP contribution in [-0.4, -0.2) is 19.7 Å². The number of rotatable bonds is 2. The molecule has 2 aromatic rings. The Balaban J connectivity index is 2.23. The van der Waals surface area contributed by atoms with Crippen LogP contribution in [0.4, 0.5) is 0 Å². The van der Waals surface area contributed by atoms with E-state index in [1.165, 1.54) is 6.33 Å².